The summed E-state index contributed by atoms with van der Waals surface area (Å²) in [5.41, 5.74) is 1.33. The molecule has 1 amide bonds. The van der Waals surface area contributed by atoms with Crippen LogP contribution in [-0.4, -0.2) is 15.8 Å². The van der Waals surface area contributed by atoms with Crippen LogP contribution in [0.3, 0.4) is 0 Å². The molecule has 1 aromatic heterocycles. The molecule has 0 fully saturated rings. The molecule has 6 heteroatoms. The zero-order valence-electron chi connectivity index (χ0n) is 11.1. The van der Waals surface area contributed by atoms with Crippen molar-refractivity contribution in [2.24, 2.45) is 0 Å². The molecule has 0 saturated carbocycles. The average Bonchev–Trinajstić information content (AvgIpc) is 2.38. The molecular formula is C14H13N3O3. The number of anilines is 1. The second-order valence-electron chi connectivity index (χ2n) is 4.40. The molecule has 0 atom stereocenters. The standard InChI is InChI=1S/C14H13N3O3/c1-9-6-7-12(17(19)20)11(8-9)14(18)16-13-5-3-4-10(2)15-13/h3-8H,1-2H3,(H,15,16,18). The number of nitro benzene ring substituents is 1. The Hall–Kier alpha value is -2.76. The Balaban J connectivity index is 2.34. The van der Waals surface area contributed by atoms with E-state index in [1.165, 1.54) is 12.1 Å². The fraction of sp³-hybridized carbons (Fsp3) is 0.143. The van der Waals surface area contributed by atoms with Gasteiger partial charge in [0.2, 0.25) is 0 Å². The largest absolute Gasteiger partial charge is 0.306 e. The molecule has 0 bridgehead atoms. The van der Waals surface area contributed by atoms with Gasteiger partial charge in [0.25, 0.3) is 11.6 Å². The van der Waals surface area contributed by atoms with Crippen LogP contribution in [0.2, 0.25) is 0 Å². The predicted molar refractivity (Wildman–Crippen MR) is 74.8 cm³/mol. The molecule has 0 aliphatic heterocycles. The van der Waals surface area contributed by atoms with E-state index < -0.39 is 10.8 Å². The number of hydrogen-bond donors (Lipinski definition) is 1. The average molecular weight is 271 g/mol. The highest BCUT2D eigenvalue weighted by atomic mass is 16.6. The lowest BCUT2D eigenvalue weighted by molar-refractivity contribution is -0.385. The highest BCUT2D eigenvalue weighted by Crippen LogP contribution is 2.21. The van der Waals surface area contributed by atoms with Crippen LogP contribution in [0, 0.1) is 24.0 Å². The molecule has 20 heavy (non-hydrogen) atoms. The molecule has 0 spiro atoms. The first kappa shape index (κ1) is 13.7. The van der Waals surface area contributed by atoms with Crippen molar-refractivity contribution < 1.29 is 9.72 Å². The van der Waals surface area contributed by atoms with Crippen LogP contribution in [0.25, 0.3) is 0 Å². The van der Waals surface area contributed by atoms with Crippen molar-refractivity contribution in [3.63, 3.8) is 0 Å². The molecule has 102 valence electrons. The number of carbonyl (C=O) groups excluding carboxylic acids is 1. The maximum absolute atomic E-state index is 12.1. The summed E-state index contributed by atoms with van der Waals surface area (Å²) in [6.07, 6.45) is 0. The van der Waals surface area contributed by atoms with E-state index in [1.54, 1.807) is 38.1 Å². The van der Waals surface area contributed by atoms with E-state index in [9.17, 15) is 14.9 Å². The number of pyridine rings is 1. The van der Waals surface area contributed by atoms with E-state index in [0.717, 1.165) is 11.3 Å². The first-order valence-electron chi connectivity index (χ1n) is 5.97. The van der Waals surface area contributed by atoms with Gasteiger partial charge in [0, 0.05) is 11.8 Å². The van der Waals surface area contributed by atoms with Crippen molar-refractivity contribution in [2.75, 3.05) is 5.32 Å². The summed E-state index contributed by atoms with van der Waals surface area (Å²) in [7, 11) is 0. The van der Waals surface area contributed by atoms with Crippen LogP contribution in [-0.2, 0) is 0 Å². The minimum Gasteiger partial charge on any atom is -0.306 e. The molecule has 2 rings (SSSR count). The van der Waals surface area contributed by atoms with E-state index in [0.29, 0.717) is 5.82 Å². The number of hydrogen-bond acceptors (Lipinski definition) is 4. The maximum atomic E-state index is 12.1. The molecule has 0 unspecified atom stereocenters. The molecular weight excluding hydrogens is 258 g/mol. The zero-order valence-corrected chi connectivity index (χ0v) is 11.1. The van der Waals surface area contributed by atoms with Crippen molar-refractivity contribution in [3.05, 3.63) is 63.3 Å². The van der Waals surface area contributed by atoms with E-state index in [1.807, 2.05) is 0 Å². The second kappa shape index (κ2) is 5.48. The summed E-state index contributed by atoms with van der Waals surface area (Å²) in [6.45, 7) is 3.57. The third-order valence-corrected chi connectivity index (χ3v) is 2.72. The van der Waals surface area contributed by atoms with Gasteiger partial charge in [-0.15, -0.1) is 0 Å². The number of nitrogens with one attached hydrogen (secondary N) is 1. The predicted octanol–water partition coefficient (Wildman–Crippen LogP) is 2.86. The summed E-state index contributed by atoms with van der Waals surface area (Å²) < 4.78 is 0. The van der Waals surface area contributed by atoms with E-state index >= 15 is 0 Å². The molecule has 0 aliphatic rings. The van der Waals surface area contributed by atoms with Gasteiger partial charge in [-0.3, -0.25) is 14.9 Å². The Kier molecular flexibility index (Phi) is 3.74. The molecule has 2 aromatic rings. The monoisotopic (exact) mass is 271 g/mol. The van der Waals surface area contributed by atoms with Crippen molar-refractivity contribution in [1.82, 2.24) is 4.98 Å². The van der Waals surface area contributed by atoms with Gasteiger partial charge in [-0.1, -0.05) is 12.1 Å². The summed E-state index contributed by atoms with van der Waals surface area (Å²) in [5.74, 6) is -0.177. The number of nitro groups is 1. The lowest BCUT2D eigenvalue weighted by atomic mass is 10.1. The van der Waals surface area contributed by atoms with Crippen molar-refractivity contribution in [3.8, 4) is 0 Å². The first-order valence-corrected chi connectivity index (χ1v) is 5.97. The summed E-state index contributed by atoms with van der Waals surface area (Å²) in [4.78, 5) is 26.7. The smallest absolute Gasteiger partial charge is 0.282 e. The molecule has 0 saturated heterocycles. The molecule has 1 aromatic carbocycles. The van der Waals surface area contributed by atoms with E-state index in [4.69, 9.17) is 0 Å². The van der Waals surface area contributed by atoms with Crippen LogP contribution >= 0.6 is 0 Å². The van der Waals surface area contributed by atoms with Gasteiger partial charge in [0.05, 0.1) is 4.92 Å². The Bertz CT molecular complexity index is 683. The quantitative estimate of drug-likeness (QED) is 0.687. The Morgan fingerprint density at radius 2 is 2.00 bits per heavy atom. The number of carbonyl (C=O) groups is 1. The van der Waals surface area contributed by atoms with Gasteiger partial charge < -0.3 is 5.32 Å². The van der Waals surface area contributed by atoms with Gasteiger partial charge in [0.1, 0.15) is 11.4 Å². The van der Waals surface area contributed by atoms with Crippen LogP contribution in [0.15, 0.2) is 36.4 Å². The van der Waals surface area contributed by atoms with E-state index in [2.05, 4.69) is 10.3 Å². The number of aromatic nitrogens is 1. The number of aryl methyl sites for hydroxylation is 2. The third-order valence-electron chi connectivity index (χ3n) is 2.72. The Morgan fingerprint density at radius 1 is 1.25 bits per heavy atom. The summed E-state index contributed by atoms with van der Waals surface area (Å²) in [6, 6.07) is 9.59. The first-order chi connectivity index (χ1) is 9.47. The molecule has 6 nitrogen and oxygen atoms in total. The van der Waals surface area contributed by atoms with Gasteiger partial charge in [-0.25, -0.2) is 4.98 Å². The number of rotatable bonds is 3. The fourth-order valence-electron chi connectivity index (χ4n) is 1.79. The lowest BCUT2D eigenvalue weighted by Gasteiger charge is -2.06. The topological polar surface area (TPSA) is 85.1 Å². The van der Waals surface area contributed by atoms with Crippen molar-refractivity contribution >= 4 is 17.4 Å². The molecule has 0 radical (unpaired) electrons. The van der Waals surface area contributed by atoms with Crippen LogP contribution in [0.1, 0.15) is 21.6 Å². The van der Waals surface area contributed by atoms with Crippen LogP contribution in [0.4, 0.5) is 11.5 Å². The Morgan fingerprint density at radius 3 is 2.65 bits per heavy atom. The maximum Gasteiger partial charge on any atom is 0.282 e. The molecule has 0 aliphatic carbocycles. The minimum absolute atomic E-state index is 0.0262. The van der Waals surface area contributed by atoms with Crippen molar-refractivity contribution in [2.45, 2.75) is 13.8 Å². The van der Waals surface area contributed by atoms with Gasteiger partial charge in [-0.05, 0) is 37.6 Å². The fourth-order valence-corrected chi connectivity index (χ4v) is 1.79. The SMILES string of the molecule is Cc1ccc([N+](=O)[O-])c(C(=O)Nc2cccc(C)n2)c1. The van der Waals surface area contributed by atoms with Crippen LogP contribution in [0.5, 0.6) is 0 Å². The van der Waals surface area contributed by atoms with Gasteiger partial charge in [-0.2, -0.15) is 0 Å². The highest BCUT2D eigenvalue weighted by Gasteiger charge is 2.20. The van der Waals surface area contributed by atoms with Gasteiger partial charge in [0.15, 0.2) is 0 Å². The Labute approximate surface area is 115 Å². The van der Waals surface area contributed by atoms with Crippen LogP contribution < -0.4 is 5.32 Å². The van der Waals surface area contributed by atoms with E-state index in [-0.39, 0.29) is 11.3 Å². The molecule has 1 heterocycles. The lowest BCUT2D eigenvalue weighted by Crippen LogP contribution is -2.15. The summed E-state index contributed by atoms with van der Waals surface area (Å²) >= 11 is 0. The summed E-state index contributed by atoms with van der Waals surface area (Å²) in [5, 5.41) is 13.5. The number of nitrogens with zero attached hydrogens (tertiary/aromatic N) is 2. The van der Waals surface area contributed by atoms with Gasteiger partial charge >= 0.3 is 0 Å². The zero-order chi connectivity index (χ0) is 14.7. The normalized spacial score (nSPS) is 10.1. The number of amides is 1. The highest BCUT2D eigenvalue weighted by molar-refractivity contribution is 6.06. The third kappa shape index (κ3) is 2.97. The molecule has 1 N–H and O–H groups in total. The second-order valence-corrected chi connectivity index (χ2v) is 4.40. The minimum atomic E-state index is -0.571. The number of benzene rings is 1. The van der Waals surface area contributed by atoms with Crippen molar-refractivity contribution in [1.29, 1.82) is 0 Å².